The molecule has 0 radical (unpaired) electrons. The topological polar surface area (TPSA) is 163 Å². The van der Waals surface area contributed by atoms with Crippen LogP contribution in [0.3, 0.4) is 0 Å². The van der Waals surface area contributed by atoms with E-state index in [2.05, 4.69) is 0 Å². The SMILES string of the molecule is CC[C@@H](C)[C@H](CC(O)CC(C)=O)OC(=O)C[C@@H](O)C[C@H](OC1O[C@@H](CO)[C@H](O)[C@H]1O)[C@H](C)CC. The van der Waals surface area contributed by atoms with Crippen molar-refractivity contribution in [1.29, 1.82) is 0 Å². The Balaban J connectivity index is 2.71. The van der Waals surface area contributed by atoms with Gasteiger partial charge in [0.25, 0.3) is 0 Å². The Kier molecular flexibility index (Phi) is 13.7. The molecule has 10 nitrogen and oxygen atoms in total. The van der Waals surface area contributed by atoms with Crippen molar-refractivity contribution in [1.82, 2.24) is 0 Å². The van der Waals surface area contributed by atoms with Crippen LogP contribution in [0.4, 0.5) is 0 Å². The Morgan fingerprint density at radius 1 is 0.912 bits per heavy atom. The number of rotatable bonds is 16. The molecule has 1 saturated heterocycles. The van der Waals surface area contributed by atoms with Crippen molar-refractivity contribution in [2.75, 3.05) is 6.61 Å². The van der Waals surface area contributed by atoms with Gasteiger partial charge >= 0.3 is 5.97 Å². The van der Waals surface area contributed by atoms with E-state index in [-0.39, 0.29) is 43.3 Å². The minimum atomic E-state index is -1.34. The minimum absolute atomic E-state index is 0.0119. The zero-order chi connectivity index (χ0) is 26.0. The number of aliphatic hydroxyl groups is 5. The Labute approximate surface area is 202 Å². The summed E-state index contributed by atoms with van der Waals surface area (Å²) >= 11 is 0. The lowest BCUT2D eigenvalue weighted by molar-refractivity contribution is -0.208. The van der Waals surface area contributed by atoms with Gasteiger partial charge < -0.3 is 39.7 Å². The predicted octanol–water partition coefficient (Wildman–Crippen LogP) is 0.686. The summed E-state index contributed by atoms with van der Waals surface area (Å²) in [5, 5.41) is 50.0. The highest BCUT2D eigenvalue weighted by Gasteiger charge is 2.44. The maximum atomic E-state index is 12.5. The Hall–Kier alpha value is -1.14. The molecule has 10 atom stereocenters. The molecular formula is C24H44O10. The quantitative estimate of drug-likeness (QED) is 0.194. The summed E-state index contributed by atoms with van der Waals surface area (Å²) < 4.78 is 16.8. The van der Waals surface area contributed by atoms with E-state index in [0.717, 1.165) is 0 Å². The molecule has 1 rings (SSSR count). The number of aliphatic hydroxyl groups excluding tert-OH is 5. The number of hydrogen-bond acceptors (Lipinski definition) is 10. The van der Waals surface area contributed by atoms with E-state index in [9.17, 15) is 35.1 Å². The summed E-state index contributed by atoms with van der Waals surface area (Å²) in [6.07, 6.45) is -6.62. The Morgan fingerprint density at radius 3 is 1.94 bits per heavy atom. The lowest BCUT2D eigenvalue weighted by atomic mass is 9.94. The molecular weight excluding hydrogens is 448 g/mol. The van der Waals surface area contributed by atoms with E-state index in [4.69, 9.17) is 14.2 Å². The van der Waals surface area contributed by atoms with Crippen molar-refractivity contribution >= 4 is 11.8 Å². The fourth-order valence-electron chi connectivity index (χ4n) is 3.94. The van der Waals surface area contributed by atoms with Gasteiger partial charge in [-0.05, 0) is 18.8 Å². The van der Waals surface area contributed by atoms with Crippen molar-refractivity contribution in [3.63, 3.8) is 0 Å². The molecule has 200 valence electrons. The van der Waals surface area contributed by atoms with Crippen LogP contribution >= 0.6 is 0 Å². The second-order valence-corrected chi connectivity index (χ2v) is 9.57. The first-order valence-electron chi connectivity index (χ1n) is 12.3. The third-order valence-corrected chi connectivity index (χ3v) is 6.58. The summed E-state index contributed by atoms with van der Waals surface area (Å²) in [7, 11) is 0. The van der Waals surface area contributed by atoms with Crippen molar-refractivity contribution < 1.29 is 49.3 Å². The van der Waals surface area contributed by atoms with Crippen molar-refractivity contribution in [3.05, 3.63) is 0 Å². The second kappa shape index (κ2) is 15.1. The third-order valence-electron chi connectivity index (χ3n) is 6.58. The first-order chi connectivity index (χ1) is 15.9. The van der Waals surface area contributed by atoms with Crippen LogP contribution in [-0.2, 0) is 23.8 Å². The molecule has 5 N–H and O–H groups in total. The zero-order valence-electron chi connectivity index (χ0n) is 21.0. The monoisotopic (exact) mass is 492 g/mol. The van der Waals surface area contributed by atoms with Gasteiger partial charge in [-0.3, -0.25) is 9.59 Å². The molecule has 10 heteroatoms. The smallest absolute Gasteiger partial charge is 0.308 e. The lowest BCUT2D eigenvalue weighted by Gasteiger charge is -2.30. The Morgan fingerprint density at radius 2 is 1.44 bits per heavy atom. The number of hydrogen-bond donors (Lipinski definition) is 5. The highest BCUT2D eigenvalue weighted by Crippen LogP contribution is 2.28. The van der Waals surface area contributed by atoms with Gasteiger partial charge in [0.15, 0.2) is 6.29 Å². The number of ketones is 1. The molecule has 1 heterocycles. The molecule has 0 aliphatic carbocycles. The van der Waals surface area contributed by atoms with Gasteiger partial charge in [-0.15, -0.1) is 0 Å². The second-order valence-electron chi connectivity index (χ2n) is 9.57. The maximum absolute atomic E-state index is 12.5. The standard InChI is InChI=1S/C24H44O10/c1-6-13(3)18(9-16(27)8-15(5)26)32-21(29)11-17(28)10-19(14(4)7-2)33-24-23(31)22(30)20(12-25)34-24/h13-14,16-20,22-25,27-28,30-31H,6-12H2,1-5H3/t13-,14-,16?,17+,18+,19+,20+,22+,23-,24?/m1/s1. The summed E-state index contributed by atoms with van der Waals surface area (Å²) in [5.41, 5.74) is 0. The summed E-state index contributed by atoms with van der Waals surface area (Å²) in [4.78, 5) is 23.8. The van der Waals surface area contributed by atoms with Crippen LogP contribution < -0.4 is 0 Å². The molecule has 1 fully saturated rings. The van der Waals surface area contributed by atoms with Crippen LogP contribution in [0.5, 0.6) is 0 Å². The maximum Gasteiger partial charge on any atom is 0.308 e. The van der Waals surface area contributed by atoms with E-state index in [1.54, 1.807) is 0 Å². The average Bonchev–Trinajstić information content (AvgIpc) is 3.04. The number of carbonyl (C=O) groups is 2. The van der Waals surface area contributed by atoms with Crippen LogP contribution in [0, 0.1) is 11.8 Å². The van der Waals surface area contributed by atoms with E-state index in [0.29, 0.717) is 12.8 Å². The molecule has 2 unspecified atom stereocenters. The van der Waals surface area contributed by atoms with Gasteiger partial charge in [0.2, 0.25) is 0 Å². The molecule has 1 aliphatic heterocycles. The van der Waals surface area contributed by atoms with Crippen molar-refractivity contribution in [2.24, 2.45) is 11.8 Å². The fourth-order valence-corrected chi connectivity index (χ4v) is 3.94. The van der Waals surface area contributed by atoms with Gasteiger partial charge in [-0.25, -0.2) is 0 Å². The first kappa shape index (κ1) is 30.9. The van der Waals surface area contributed by atoms with Crippen molar-refractivity contribution in [2.45, 2.75) is 122 Å². The highest BCUT2D eigenvalue weighted by molar-refractivity contribution is 5.76. The summed E-state index contributed by atoms with van der Waals surface area (Å²) in [6, 6.07) is 0. The number of ether oxygens (including phenoxy) is 3. The van der Waals surface area contributed by atoms with Gasteiger partial charge in [-0.1, -0.05) is 40.5 Å². The average molecular weight is 493 g/mol. The Bertz CT molecular complexity index is 615. The van der Waals surface area contributed by atoms with E-state index in [1.807, 2.05) is 27.7 Å². The molecule has 1 aliphatic rings. The molecule has 0 amide bonds. The molecule has 0 aromatic carbocycles. The van der Waals surface area contributed by atoms with Gasteiger partial charge in [-0.2, -0.15) is 0 Å². The predicted molar refractivity (Wildman–Crippen MR) is 123 cm³/mol. The fraction of sp³-hybridized carbons (Fsp3) is 0.917. The van der Waals surface area contributed by atoms with E-state index in [1.165, 1.54) is 6.92 Å². The van der Waals surface area contributed by atoms with Gasteiger partial charge in [0.05, 0.1) is 31.3 Å². The molecule has 0 aromatic heterocycles. The molecule has 0 aromatic rings. The number of Topliss-reactive ketones (excluding diaryl/α,β-unsaturated/α-hetero) is 1. The zero-order valence-corrected chi connectivity index (χ0v) is 21.0. The molecule has 0 spiro atoms. The normalized spacial score (nSPS) is 28.1. The van der Waals surface area contributed by atoms with Crippen molar-refractivity contribution in [3.8, 4) is 0 Å². The lowest BCUT2D eigenvalue weighted by Crippen LogP contribution is -2.39. The molecule has 0 saturated carbocycles. The summed E-state index contributed by atoms with van der Waals surface area (Å²) in [5.74, 6) is -0.863. The summed E-state index contributed by atoms with van der Waals surface area (Å²) in [6.45, 7) is 8.57. The third kappa shape index (κ3) is 9.85. The van der Waals surface area contributed by atoms with Crippen LogP contribution in [0.15, 0.2) is 0 Å². The largest absolute Gasteiger partial charge is 0.462 e. The van der Waals surface area contributed by atoms with Crippen LogP contribution in [0.25, 0.3) is 0 Å². The van der Waals surface area contributed by atoms with Gasteiger partial charge in [0.1, 0.15) is 30.2 Å². The first-order valence-corrected chi connectivity index (χ1v) is 12.3. The van der Waals surface area contributed by atoms with E-state index < -0.39 is 61.6 Å². The van der Waals surface area contributed by atoms with Crippen LogP contribution in [0.2, 0.25) is 0 Å². The van der Waals surface area contributed by atoms with Crippen LogP contribution in [0.1, 0.15) is 73.1 Å². The van der Waals surface area contributed by atoms with E-state index >= 15 is 0 Å². The van der Waals surface area contributed by atoms with Gasteiger partial charge in [0, 0.05) is 19.3 Å². The number of carbonyl (C=O) groups excluding carboxylic acids is 2. The van der Waals surface area contributed by atoms with Crippen LogP contribution in [-0.4, -0.2) is 92.9 Å². The highest BCUT2D eigenvalue weighted by atomic mass is 16.7. The minimum Gasteiger partial charge on any atom is -0.462 e. The molecule has 0 bridgehead atoms. The molecule has 34 heavy (non-hydrogen) atoms. The number of esters is 1.